The third-order valence-electron chi connectivity index (χ3n) is 2.38. The molecule has 1 rings (SSSR count). The highest BCUT2D eigenvalue weighted by Crippen LogP contribution is 2.20. The molecular weight excluding hydrogens is 188 g/mol. The first kappa shape index (κ1) is 11.7. The molecule has 0 radical (unpaired) electrons. The van der Waals surface area contributed by atoms with Crippen LogP contribution >= 0.6 is 0 Å². The van der Waals surface area contributed by atoms with Crippen LogP contribution in [0.3, 0.4) is 0 Å². The maximum absolute atomic E-state index is 11.4. The second-order valence-corrected chi connectivity index (χ2v) is 3.75. The molecule has 0 aliphatic carbocycles. The van der Waals surface area contributed by atoms with Crippen LogP contribution in [0, 0.1) is 13.8 Å². The minimum Gasteiger partial charge on any atom is -0.329 e. The van der Waals surface area contributed by atoms with Gasteiger partial charge in [-0.2, -0.15) is 0 Å². The quantitative estimate of drug-likeness (QED) is 0.816. The van der Waals surface area contributed by atoms with Crippen molar-refractivity contribution in [1.82, 2.24) is 0 Å². The smallest absolute Gasteiger partial charge is 0.223 e. The Morgan fingerprint density at radius 1 is 1.40 bits per heavy atom. The second kappa shape index (κ2) is 4.94. The number of nitrogens with two attached hydrogens (primary N) is 1. The predicted molar refractivity (Wildman–Crippen MR) is 63.0 cm³/mol. The molecule has 0 fully saturated rings. The molecule has 0 aliphatic rings. The Morgan fingerprint density at radius 2 is 2.07 bits per heavy atom. The fourth-order valence-corrected chi connectivity index (χ4v) is 1.68. The van der Waals surface area contributed by atoms with Gasteiger partial charge in [0.05, 0.1) is 0 Å². The number of anilines is 1. The summed E-state index contributed by atoms with van der Waals surface area (Å²) in [6, 6.07) is 6.05. The van der Waals surface area contributed by atoms with E-state index in [0.29, 0.717) is 13.1 Å². The van der Waals surface area contributed by atoms with E-state index in [9.17, 15) is 4.79 Å². The van der Waals surface area contributed by atoms with Crippen LogP contribution in [0.4, 0.5) is 5.69 Å². The second-order valence-electron chi connectivity index (χ2n) is 3.75. The maximum atomic E-state index is 11.4. The van der Waals surface area contributed by atoms with E-state index in [1.54, 1.807) is 11.8 Å². The summed E-state index contributed by atoms with van der Waals surface area (Å²) in [5, 5.41) is 0. The number of hydrogen-bond donors (Lipinski definition) is 1. The zero-order valence-corrected chi connectivity index (χ0v) is 9.58. The average molecular weight is 206 g/mol. The number of aryl methyl sites for hydroxylation is 2. The van der Waals surface area contributed by atoms with Gasteiger partial charge in [-0.25, -0.2) is 0 Å². The summed E-state index contributed by atoms with van der Waals surface area (Å²) in [5.74, 6) is 0.0346. The summed E-state index contributed by atoms with van der Waals surface area (Å²) in [6.45, 7) is 6.66. The van der Waals surface area contributed by atoms with Gasteiger partial charge < -0.3 is 10.6 Å². The summed E-state index contributed by atoms with van der Waals surface area (Å²) >= 11 is 0. The molecule has 1 aromatic carbocycles. The Bertz CT molecular complexity index is 361. The van der Waals surface area contributed by atoms with Crippen LogP contribution in [0.2, 0.25) is 0 Å². The lowest BCUT2D eigenvalue weighted by molar-refractivity contribution is -0.116. The first-order valence-electron chi connectivity index (χ1n) is 5.11. The van der Waals surface area contributed by atoms with Crippen LogP contribution in [0.1, 0.15) is 18.1 Å². The van der Waals surface area contributed by atoms with Crippen LogP contribution in [0.5, 0.6) is 0 Å². The molecule has 2 N–H and O–H groups in total. The molecule has 0 aliphatic heterocycles. The van der Waals surface area contributed by atoms with Gasteiger partial charge in [-0.1, -0.05) is 17.7 Å². The molecule has 0 aromatic heterocycles. The molecule has 0 saturated carbocycles. The molecular formula is C12H18N2O. The lowest BCUT2D eigenvalue weighted by Gasteiger charge is -2.22. The summed E-state index contributed by atoms with van der Waals surface area (Å²) in [6.07, 6.45) is 0. The molecule has 1 aromatic rings. The van der Waals surface area contributed by atoms with Crippen molar-refractivity contribution in [3.8, 4) is 0 Å². The Hall–Kier alpha value is -1.35. The number of nitrogens with zero attached hydrogens (tertiary/aromatic N) is 1. The summed E-state index contributed by atoms with van der Waals surface area (Å²) in [5.41, 5.74) is 8.76. The van der Waals surface area contributed by atoms with E-state index in [0.717, 1.165) is 11.3 Å². The highest BCUT2D eigenvalue weighted by molar-refractivity contribution is 5.92. The number of carbonyl (C=O) groups excluding carboxylic acids is 1. The molecule has 0 unspecified atom stereocenters. The van der Waals surface area contributed by atoms with E-state index < -0.39 is 0 Å². The lowest BCUT2D eigenvalue weighted by Crippen LogP contribution is -2.34. The van der Waals surface area contributed by atoms with Crippen LogP contribution in [-0.2, 0) is 4.79 Å². The van der Waals surface area contributed by atoms with E-state index in [1.165, 1.54) is 5.56 Å². The van der Waals surface area contributed by atoms with Crippen LogP contribution < -0.4 is 10.6 Å². The summed E-state index contributed by atoms with van der Waals surface area (Å²) < 4.78 is 0. The molecule has 0 atom stereocenters. The highest BCUT2D eigenvalue weighted by Gasteiger charge is 2.12. The van der Waals surface area contributed by atoms with Crippen molar-refractivity contribution < 1.29 is 4.79 Å². The van der Waals surface area contributed by atoms with Gasteiger partial charge in [0.2, 0.25) is 5.91 Å². The molecule has 1 amide bonds. The summed E-state index contributed by atoms with van der Waals surface area (Å²) in [4.78, 5) is 13.2. The van der Waals surface area contributed by atoms with Gasteiger partial charge in [-0.15, -0.1) is 0 Å². The van der Waals surface area contributed by atoms with Gasteiger partial charge in [-0.05, 0) is 25.5 Å². The summed E-state index contributed by atoms with van der Waals surface area (Å²) in [7, 11) is 0. The number of rotatable bonds is 3. The largest absolute Gasteiger partial charge is 0.329 e. The Morgan fingerprint density at radius 3 is 2.53 bits per heavy atom. The minimum atomic E-state index is 0.0346. The number of carbonyl (C=O) groups is 1. The van der Waals surface area contributed by atoms with Crippen molar-refractivity contribution in [2.24, 2.45) is 5.73 Å². The molecule has 0 spiro atoms. The van der Waals surface area contributed by atoms with Crippen molar-refractivity contribution >= 4 is 11.6 Å². The van der Waals surface area contributed by atoms with Crippen molar-refractivity contribution in [3.63, 3.8) is 0 Å². The van der Waals surface area contributed by atoms with Crippen LogP contribution in [0.25, 0.3) is 0 Å². The normalized spacial score (nSPS) is 10.1. The molecule has 15 heavy (non-hydrogen) atoms. The van der Waals surface area contributed by atoms with Crippen molar-refractivity contribution in [2.45, 2.75) is 20.8 Å². The minimum absolute atomic E-state index is 0.0346. The zero-order chi connectivity index (χ0) is 11.4. The Balaban J connectivity index is 3.05. The average Bonchev–Trinajstić information content (AvgIpc) is 2.15. The molecule has 0 heterocycles. The van der Waals surface area contributed by atoms with Crippen molar-refractivity contribution in [3.05, 3.63) is 29.3 Å². The molecule has 3 heteroatoms. The van der Waals surface area contributed by atoms with Gasteiger partial charge in [0.15, 0.2) is 0 Å². The first-order chi connectivity index (χ1) is 7.06. The first-order valence-corrected chi connectivity index (χ1v) is 5.11. The third kappa shape index (κ3) is 2.80. The van der Waals surface area contributed by atoms with Crippen molar-refractivity contribution in [1.29, 1.82) is 0 Å². The molecule has 0 saturated heterocycles. The topological polar surface area (TPSA) is 46.3 Å². The van der Waals surface area contributed by atoms with Crippen LogP contribution in [0.15, 0.2) is 18.2 Å². The third-order valence-corrected chi connectivity index (χ3v) is 2.38. The van der Waals surface area contributed by atoms with Crippen molar-refractivity contribution in [2.75, 3.05) is 18.0 Å². The SMILES string of the molecule is CC(=O)N(CCN)c1ccc(C)cc1C. The van der Waals surface area contributed by atoms with Gasteiger partial charge in [0, 0.05) is 25.7 Å². The lowest BCUT2D eigenvalue weighted by atomic mass is 10.1. The Kier molecular flexibility index (Phi) is 3.86. The van der Waals surface area contributed by atoms with E-state index in [4.69, 9.17) is 5.73 Å². The zero-order valence-electron chi connectivity index (χ0n) is 9.58. The van der Waals surface area contributed by atoms with Crippen LogP contribution in [-0.4, -0.2) is 19.0 Å². The fourth-order valence-electron chi connectivity index (χ4n) is 1.68. The van der Waals surface area contributed by atoms with Gasteiger partial charge in [0.25, 0.3) is 0 Å². The standard InChI is InChI=1S/C12H18N2O/c1-9-4-5-12(10(2)8-9)14(7-6-13)11(3)15/h4-5,8H,6-7,13H2,1-3H3. The molecule has 0 bridgehead atoms. The maximum Gasteiger partial charge on any atom is 0.223 e. The van der Waals surface area contributed by atoms with E-state index in [2.05, 4.69) is 6.07 Å². The van der Waals surface area contributed by atoms with Gasteiger partial charge in [0.1, 0.15) is 0 Å². The van der Waals surface area contributed by atoms with Gasteiger partial charge >= 0.3 is 0 Å². The van der Waals surface area contributed by atoms with Gasteiger partial charge in [-0.3, -0.25) is 4.79 Å². The molecule has 82 valence electrons. The van der Waals surface area contributed by atoms with E-state index in [-0.39, 0.29) is 5.91 Å². The number of hydrogen-bond acceptors (Lipinski definition) is 2. The van der Waals surface area contributed by atoms with E-state index >= 15 is 0 Å². The Labute approximate surface area is 90.9 Å². The molecule has 3 nitrogen and oxygen atoms in total. The van der Waals surface area contributed by atoms with E-state index in [1.807, 2.05) is 26.0 Å². The monoisotopic (exact) mass is 206 g/mol. The fraction of sp³-hybridized carbons (Fsp3) is 0.417. The number of benzene rings is 1. The number of amides is 1. The highest BCUT2D eigenvalue weighted by atomic mass is 16.2. The predicted octanol–water partition coefficient (Wildman–Crippen LogP) is 1.62.